The molecular formula is C36H48ClF3N6O6. The largest absolute Gasteiger partial charge is 0.462 e. The van der Waals surface area contributed by atoms with Crippen molar-refractivity contribution in [2.45, 2.75) is 71.4 Å². The number of alkyl carbamates (subject to hydrolysis) is 1. The third-order valence-electron chi connectivity index (χ3n) is 8.18. The lowest BCUT2D eigenvalue weighted by molar-refractivity contribution is -0.140. The number of rotatable bonds is 15. The molecule has 0 aliphatic carbocycles. The molecule has 1 saturated heterocycles. The molecule has 0 spiro atoms. The molecule has 1 aliphatic heterocycles. The zero-order valence-electron chi connectivity index (χ0n) is 30.3. The highest BCUT2D eigenvalue weighted by molar-refractivity contribution is 6.32. The van der Waals surface area contributed by atoms with Crippen LogP contribution in [0, 0.1) is 17.8 Å². The molecule has 1 aromatic carbocycles. The summed E-state index contributed by atoms with van der Waals surface area (Å²) in [6.07, 6.45) is -1.96. The first-order chi connectivity index (χ1) is 24.6. The molecule has 0 radical (unpaired) electrons. The van der Waals surface area contributed by atoms with Gasteiger partial charge in [-0.2, -0.15) is 18.3 Å². The summed E-state index contributed by atoms with van der Waals surface area (Å²) in [6, 6.07) is 7.01. The first-order valence-corrected chi connectivity index (χ1v) is 17.7. The highest BCUT2D eigenvalue weighted by Crippen LogP contribution is 2.32. The van der Waals surface area contributed by atoms with Crippen LogP contribution in [0.5, 0.6) is 0 Å². The Bertz CT molecular complexity index is 1710. The molecule has 1 fully saturated rings. The molecule has 0 saturated carbocycles. The zero-order valence-corrected chi connectivity index (χ0v) is 31.0. The van der Waals surface area contributed by atoms with Crippen LogP contribution in [0.2, 0.25) is 5.15 Å². The van der Waals surface area contributed by atoms with Crippen molar-refractivity contribution in [1.29, 1.82) is 0 Å². The van der Waals surface area contributed by atoms with Gasteiger partial charge in [0.25, 0.3) is 0 Å². The Morgan fingerprint density at radius 1 is 1.12 bits per heavy atom. The number of ether oxygens (including phenoxy) is 4. The Labute approximate surface area is 307 Å². The van der Waals surface area contributed by atoms with Crippen LogP contribution >= 0.6 is 11.6 Å². The fourth-order valence-corrected chi connectivity index (χ4v) is 6.12. The van der Waals surface area contributed by atoms with E-state index < -0.39 is 30.4 Å². The number of aromatic nitrogens is 3. The van der Waals surface area contributed by atoms with Crippen molar-refractivity contribution in [3.05, 3.63) is 46.9 Å². The molecule has 52 heavy (non-hydrogen) atoms. The fraction of sp³-hybridized carbons (Fsp3) is 0.583. The van der Waals surface area contributed by atoms with Gasteiger partial charge in [-0.25, -0.2) is 9.59 Å². The summed E-state index contributed by atoms with van der Waals surface area (Å²) >= 11 is 6.04. The Morgan fingerprint density at radius 3 is 2.58 bits per heavy atom. The monoisotopic (exact) mass is 752 g/mol. The molecule has 2 aromatic heterocycles. The number of fused-ring (bicyclic) bond motifs is 1. The van der Waals surface area contributed by atoms with Gasteiger partial charge in [0.1, 0.15) is 17.7 Å². The molecule has 4 rings (SSSR count). The number of esters is 1. The maximum Gasteiger partial charge on any atom is 0.408 e. The highest BCUT2D eigenvalue weighted by atomic mass is 35.5. The van der Waals surface area contributed by atoms with Crippen molar-refractivity contribution >= 4 is 40.3 Å². The smallest absolute Gasteiger partial charge is 0.408 e. The molecule has 286 valence electrons. The van der Waals surface area contributed by atoms with Crippen LogP contribution in [0.25, 0.3) is 10.9 Å². The van der Waals surface area contributed by atoms with Crippen LogP contribution in [-0.4, -0.2) is 109 Å². The van der Waals surface area contributed by atoms with Crippen molar-refractivity contribution in [3.8, 4) is 11.8 Å². The summed E-state index contributed by atoms with van der Waals surface area (Å²) in [6.45, 7) is 9.64. The van der Waals surface area contributed by atoms with Gasteiger partial charge in [0.2, 0.25) is 0 Å². The topological polar surface area (TPSA) is 121 Å². The number of anilines is 1. The van der Waals surface area contributed by atoms with E-state index >= 15 is 0 Å². The summed E-state index contributed by atoms with van der Waals surface area (Å²) in [5.74, 6) is 5.28. The average molecular weight is 753 g/mol. The maximum atomic E-state index is 13.7. The number of hydrogen-bond acceptors (Lipinski definition) is 9. The SMILES string of the molecule is CCOC(=O)c1cn(CCOCCOCCC2CN(C)CCC2Nc2cccc3c2cc(C#CCNC(=O)OC(C)(C)C)n3CC(F)(F)F)nc1Cl. The summed E-state index contributed by atoms with van der Waals surface area (Å²) in [5, 5.41) is 11.0. The molecule has 0 bridgehead atoms. The molecule has 2 atom stereocenters. The summed E-state index contributed by atoms with van der Waals surface area (Å²) in [7, 11) is 2.07. The number of benzene rings is 1. The number of carbonyl (C=O) groups is 2. The maximum absolute atomic E-state index is 13.7. The number of hydrogen-bond donors (Lipinski definition) is 2. The summed E-state index contributed by atoms with van der Waals surface area (Å²) in [4.78, 5) is 26.2. The summed E-state index contributed by atoms with van der Waals surface area (Å²) < 4.78 is 65.5. The number of nitrogens with one attached hydrogen (secondary N) is 2. The van der Waals surface area contributed by atoms with Gasteiger partial charge in [-0.05, 0) is 84.2 Å². The van der Waals surface area contributed by atoms with Gasteiger partial charge in [0, 0.05) is 36.5 Å². The Kier molecular flexibility index (Phi) is 14.7. The third-order valence-corrected chi connectivity index (χ3v) is 8.46. The molecule has 3 heterocycles. The van der Waals surface area contributed by atoms with Gasteiger partial charge in [0.15, 0.2) is 5.15 Å². The Morgan fingerprint density at radius 2 is 1.87 bits per heavy atom. The van der Waals surface area contributed by atoms with Crippen molar-refractivity contribution in [1.82, 2.24) is 24.6 Å². The van der Waals surface area contributed by atoms with Crippen LogP contribution < -0.4 is 10.6 Å². The van der Waals surface area contributed by atoms with Gasteiger partial charge < -0.3 is 39.0 Å². The van der Waals surface area contributed by atoms with E-state index in [1.54, 1.807) is 45.9 Å². The lowest BCUT2D eigenvalue weighted by Crippen LogP contribution is -2.45. The van der Waals surface area contributed by atoms with Crippen LogP contribution in [-0.2, 0) is 32.0 Å². The van der Waals surface area contributed by atoms with Gasteiger partial charge >= 0.3 is 18.2 Å². The van der Waals surface area contributed by atoms with E-state index in [0.717, 1.165) is 36.2 Å². The molecule has 1 aliphatic rings. The van der Waals surface area contributed by atoms with Gasteiger partial charge in [0.05, 0.1) is 50.7 Å². The van der Waals surface area contributed by atoms with E-state index in [-0.39, 0.29) is 41.5 Å². The van der Waals surface area contributed by atoms with Crippen LogP contribution in [0.4, 0.5) is 23.7 Å². The molecular weight excluding hydrogens is 705 g/mol. The Balaban J connectivity index is 1.33. The summed E-state index contributed by atoms with van der Waals surface area (Å²) in [5.41, 5.74) is 0.863. The molecule has 1 amide bonds. The zero-order chi connectivity index (χ0) is 37.9. The molecule has 2 N–H and O–H groups in total. The van der Waals surface area contributed by atoms with Gasteiger partial charge in [-0.15, -0.1) is 0 Å². The van der Waals surface area contributed by atoms with Crippen molar-refractivity contribution in [2.75, 3.05) is 65.0 Å². The van der Waals surface area contributed by atoms with Crippen LogP contribution in [0.15, 0.2) is 30.5 Å². The average Bonchev–Trinajstić information content (AvgIpc) is 3.60. The number of amides is 1. The van der Waals surface area contributed by atoms with E-state index in [0.29, 0.717) is 43.9 Å². The van der Waals surface area contributed by atoms with E-state index in [9.17, 15) is 22.8 Å². The number of piperidine rings is 1. The minimum atomic E-state index is -4.46. The Hall–Kier alpha value is -3.97. The first-order valence-electron chi connectivity index (χ1n) is 17.3. The predicted octanol–water partition coefficient (Wildman–Crippen LogP) is 5.96. The number of halogens is 4. The number of nitrogens with zero attached hydrogens (tertiary/aromatic N) is 4. The van der Waals surface area contributed by atoms with Crippen molar-refractivity contribution < 1.29 is 41.7 Å². The van der Waals surface area contributed by atoms with Crippen LogP contribution in [0.3, 0.4) is 0 Å². The molecule has 3 aromatic rings. The second-order valence-electron chi connectivity index (χ2n) is 13.5. The lowest BCUT2D eigenvalue weighted by atomic mass is 9.89. The third kappa shape index (κ3) is 12.6. The van der Waals surface area contributed by atoms with E-state index in [1.807, 2.05) is 6.07 Å². The second kappa shape index (κ2) is 18.7. The molecule has 16 heteroatoms. The van der Waals surface area contributed by atoms with E-state index in [4.69, 9.17) is 30.5 Å². The van der Waals surface area contributed by atoms with E-state index in [2.05, 4.69) is 39.5 Å². The fourth-order valence-electron chi connectivity index (χ4n) is 5.90. The lowest BCUT2D eigenvalue weighted by Gasteiger charge is -2.38. The highest BCUT2D eigenvalue weighted by Gasteiger charge is 2.31. The van der Waals surface area contributed by atoms with Gasteiger partial charge in [-0.1, -0.05) is 23.6 Å². The first kappa shape index (κ1) is 40.8. The number of likely N-dealkylation sites (tertiary alicyclic amines) is 1. The van der Waals surface area contributed by atoms with Gasteiger partial charge in [-0.3, -0.25) is 4.68 Å². The molecule has 2 unspecified atom stereocenters. The van der Waals surface area contributed by atoms with Crippen molar-refractivity contribution in [3.63, 3.8) is 0 Å². The van der Waals surface area contributed by atoms with E-state index in [1.165, 1.54) is 10.9 Å². The van der Waals surface area contributed by atoms with Crippen molar-refractivity contribution in [2.24, 2.45) is 5.92 Å². The predicted molar refractivity (Wildman–Crippen MR) is 192 cm³/mol. The molecule has 12 nitrogen and oxygen atoms in total. The minimum Gasteiger partial charge on any atom is -0.462 e. The van der Waals surface area contributed by atoms with Crippen LogP contribution in [0.1, 0.15) is 56.6 Å². The number of alkyl halides is 3. The quantitative estimate of drug-likeness (QED) is 0.110. The standard InChI is InChI=1S/C36H48ClF3N6O6/c1-6-51-33(47)28-23-45(43-32(28)37)16-18-50-20-19-49-17-13-25-22-44(5)15-12-29(25)42-30-10-7-11-31-27(30)21-26(46(31)24-36(38,39)40)9-8-14-41-34(48)52-35(2,3)4/h7,10-11,21,23,25,29,42H,6,12-20,22,24H2,1-5H3,(H,41,48). The normalized spacial score (nSPS) is 16.7. The number of carbonyl (C=O) groups excluding carboxylic acids is 2. The second-order valence-corrected chi connectivity index (χ2v) is 13.9. The minimum absolute atomic E-state index is 0.0700.